The summed E-state index contributed by atoms with van der Waals surface area (Å²) in [4.78, 5) is 90.0. The Morgan fingerprint density at radius 1 is 0.742 bits per heavy atom. The molecule has 4 aliphatic rings. The third-order valence-corrected chi connectivity index (χ3v) is 14.4. The lowest BCUT2D eigenvalue weighted by Crippen LogP contribution is -2.52. The average Bonchev–Trinajstić information content (AvgIpc) is 4.14. The van der Waals surface area contributed by atoms with E-state index in [0.29, 0.717) is 48.3 Å². The van der Waals surface area contributed by atoms with Gasteiger partial charge in [0.25, 0.3) is 5.56 Å². The van der Waals surface area contributed by atoms with Crippen LogP contribution in [0.4, 0.5) is 15.3 Å². The molecule has 4 N–H and O–H groups in total. The molecule has 3 aromatic carbocycles. The zero-order valence-corrected chi connectivity index (χ0v) is 39.0. The Labute approximate surface area is 385 Å². The second-order valence-electron chi connectivity index (χ2n) is 19.4. The topological polar surface area (TPSA) is 192 Å². The minimum Gasteiger partial charge on any atom is -0.453 e. The lowest BCUT2D eigenvalue weighted by Gasteiger charge is -2.30. The number of aromatic amines is 1. The van der Waals surface area contributed by atoms with Crippen LogP contribution in [0.2, 0.25) is 0 Å². The number of carbonyl (C=O) groups is 5. The summed E-state index contributed by atoms with van der Waals surface area (Å²) in [6, 6.07) is 16.0. The van der Waals surface area contributed by atoms with E-state index in [1.165, 1.54) is 51.0 Å². The highest BCUT2D eigenvalue weighted by atomic mass is 16.5. The Hall–Kier alpha value is -6.25. The van der Waals surface area contributed by atoms with Crippen LogP contribution in [-0.4, -0.2) is 95.1 Å². The minimum absolute atomic E-state index is 0.151. The summed E-state index contributed by atoms with van der Waals surface area (Å²) in [5.41, 5.74) is 8.09. The van der Waals surface area contributed by atoms with Gasteiger partial charge in [0.2, 0.25) is 17.7 Å². The first-order chi connectivity index (χ1) is 31.7. The number of H-pyrrole nitrogens is 1. The Bertz CT molecular complexity index is 2560. The molecule has 3 heterocycles. The van der Waals surface area contributed by atoms with E-state index in [4.69, 9.17) is 14.5 Å². The van der Waals surface area contributed by atoms with Gasteiger partial charge in [-0.25, -0.2) is 14.6 Å². The van der Waals surface area contributed by atoms with Gasteiger partial charge in [-0.3, -0.25) is 19.2 Å². The van der Waals surface area contributed by atoms with Crippen LogP contribution < -0.4 is 21.5 Å². The van der Waals surface area contributed by atoms with Crippen molar-refractivity contribution in [3.63, 3.8) is 0 Å². The number of alkyl carbamates (subject to hydrolysis) is 2. The molecule has 4 atom stereocenters. The molecular formula is C51H63N7O8. The number of methoxy groups -OCH3 is 2. The van der Waals surface area contributed by atoms with E-state index in [9.17, 15) is 28.8 Å². The summed E-state index contributed by atoms with van der Waals surface area (Å²) in [5, 5.41) is 8.86. The summed E-state index contributed by atoms with van der Waals surface area (Å²) >= 11 is 0. The average molecular weight is 902 g/mol. The van der Waals surface area contributed by atoms with Gasteiger partial charge in [0.05, 0.1) is 31.2 Å². The number of nitrogens with one attached hydrogen (secondary N) is 4. The number of rotatable bonds is 12. The quantitative estimate of drug-likeness (QED) is 0.111. The number of hydrogen-bond acceptors (Lipinski definition) is 9. The number of benzene rings is 3. The fraction of sp³-hybridized carbons (Fsp3) is 0.510. The fourth-order valence-electron chi connectivity index (χ4n) is 11.0. The molecule has 15 heteroatoms. The van der Waals surface area contributed by atoms with Gasteiger partial charge >= 0.3 is 12.2 Å². The Kier molecular flexibility index (Phi) is 13.5. The molecule has 66 heavy (non-hydrogen) atoms. The van der Waals surface area contributed by atoms with Gasteiger partial charge in [-0.2, -0.15) is 0 Å². The van der Waals surface area contributed by atoms with Gasteiger partial charge in [0, 0.05) is 31.2 Å². The second-order valence-corrected chi connectivity index (χ2v) is 19.4. The summed E-state index contributed by atoms with van der Waals surface area (Å²) < 4.78 is 9.53. The molecule has 15 nitrogen and oxygen atoms in total. The van der Waals surface area contributed by atoms with Crippen molar-refractivity contribution >= 4 is 46.5 Å². The number of likely N-dealkylation sites (tertiary alicyclic amines) is 2. The summed E-state index contributed by atoms with van der Waals surface area (Å²) in [7, 11) is 2.54. The molecule has 1 spiro atoms. The Balaban J connectivity index is 1.01. The highest BCUT2D eigenvalue weighted by molar-refractivity contribution is 5.93. The standard InChI is InChI=1S/C51H63N7O8/c1-29(2)43(54-49(63)65-5)47(61)57-23-9-11-34(57)26-42(59)52-33-16-13-31(14-17-33)35-18-19-36(39-28-51(27-38(35)39)21-7-8-22-51)32-15-20-40-37(25-32)46(60)56-45(53-40)41-12-10-24-58(41)48(62)44(30(3)4)55-50(64)66-6/h13-20,25,29-30,34,41,43-44H,7-12,21-24,26-28H2,1-6H3,(H,52,59)(H,54,63)(H,55,64)(H,53,56,60)/t34-,41-,43-,44-/m0/s1. The predicted octanol–water partition coefficient (Wildman–Crippen LogP) is 7.66. The predicted molar refractivity (Wildman–Crippen MR) is 252 cm³/mol. The van der Waals surface area contributed by atoms with E-state index in [1.807, 2.05) is 58.0 Å². The first kappa shape index (κ1) is 46.3. The molecular weight excluding hydrogens is 839 g/mol. The maximum Gasteiger partial charge on any atom is 0.407 e. The van der Waals surface area contributed by atoms with Crippen molar-refractivity contribution in [2.75, 3.05) is 32.6 Å². The number of anilines is 1. The van der Waals surface area contributed by atoms with Crippen molar-refractivity contribution < 1.29 is 33.4 Å². The van der Waals surface area contributed by atoms with Gasteiger partial charge in [-0.1, -0.05) is 70.9 Å². The van der Waals surface area contributed by atoms with Crippen molar-refractivity contribution in [1.29, 1.82) is 0 Å². The maximum absolute atomic E-state index is 13.9. The van der Waals surface area contributed by atoms with Crippen LogP contribution >= 0.6 is 0 Å². The van der Waals surface area contributed by atoms with Crippen molar-refractivity contribution in [2.45, 2.75) is 122 Å². The van der Waals surface area contributed by atoms with E-state index in [0.717, 1.165) is 47.9 Å². The van der Waals surface area contributed by atoms with Crippen molar-refractivity contribution in [3.8, 4) is 22.3 Å². The number of hydrogen-bond donors (Lipinski definition) is 4. The van der Waals surface area contributed by atoms with Crippen LogP contribution in [0, 0.1) is 17.3 Å². The molecule has 4 aromatic rings. The van der Waals surface area contributed by atoms with E-state index in [-0.39, 0.29) is 53.0 Å². The summed E-state index contributed by atoms with van der Waals surface area (Å²) in [6.07, 6.45) is 8.43. The first-order valence-corrected chi connectivity index (χ1v) is 23.6. The van der Waals surface area contributed by atoms with Crippen LogP contribution in [-0.2, 0) is 36.7 Å². The molecule has 2 aliphatic heterocycles. The van der Waals surface area contributed by atoms with E-state index in [2.05, 4.69) is 45.2 Å². The zero-order chi connectivity index (χ0) is 46.9. The fourth-order valence-corrected chi connectivity index (χ4v) is 11.0. The number of fused-ring (bicyclic) bond motifs is 2. The van der Waals surface area contributed by atoms with Crippen molar-refractivity contribution in [1.82, 2.24) is 30.4 Å². The highest BCUT2D eigenvalue weighted by Gasteiger charge is 2.42. The molecule has 1 saturated carbocycles. The van der Waals surface area contributed by atoms with E-state index < -0.39 is 30.3 Å². The molecule has 3 fully saturated rings. The maximum atomic E-state index is 13.9. The third-order valence-electron chi connectivity index (χ3n) is 14.4. The SMILES string of the molecule is COC(=O)N[C@H](C(=O)N1CCC[C@H]1CC(=O)Nc1ccc(-c2ccc(-c3ccc4nc([C@@H]5CCCN5C(=O)[C@@H](NC(=O)OC)C(C)C)[nH]c(=O)c4c3)c3c2CC2(CCCC2)C3)cc1)C(C)C. The third kappa shape index (κ3) is 9.39. The molecule has 5 amide bonds. The van der Waals surface area contributed by atoms with Gasteiger partial charge in [-0.05, 0) is 126 Å². The zero-order valence-electron chi connectivity index (χ0n) is 39.0. The smallest absolute Gasteiger partial charge is 0.407 e. The van der Waals surface area contributed by atoms with E-state index >= 15 is 0 Å². The number of ether oxygens (including phenoxy) is 2. The number of amides is 5. The number of carbonyl (C=O) groups excluding carboxylic acids is 5. The Morgan fingerprint density at radius 2 is 1.30 bits per heavy atom. The van der Waals surface area contributed by atoms with Gasteiger partial charge in [-0.15, -0.1) is 0 Å². The summed E-state index contributed by atoms with van der Waals surface area (Å²) in [5.74, 6) is -0.509. The van der Waals surface area contributed by atoms with Crippen molar-refractivity contribution in [3.05, 3.63) is 81.9 Å². The molecule has 350 valence electrons. The molecule has 8 rings (SSSR count). The number of nitrogens with zero attached hydrogens (tertiary/aromatic N) is 3. The lowest BCUT2D eigenvalue weighted by atomic mass is 9.82. The molecule has 0 bridgehead atoms. The van der Waals surface area contributed by atoms with Crippen LogP contribution in [0.5, 0.6) is 0 Å². The van der Waals surface area contributed by atoms with E-state index in [1.54, 1.807) is 9.80 Å². The lowest BCUT2D eigenvalue weighted by molar-refractivity contribution is -0.136. The second kappa shape index (κ2) is 19.3. The first-order valence-electron chi connectivity index (χ1n) is 23.6. The molecule has 2 aliphatic carbocycles. The largest absolute Gasteiger partial charge is 0.453 e. The minimum atomic E-state index is -0.778. The van der Waals surface area contributed by atoms with Gasteiger partial charge in [0.1, 0.15) is 17.9 Å². The van der Waals surface area contributed by atoms with Crippen LogP contribution in [0.3, 0.4) is 0 Å². The van der Waals surface area contributed by atoms with Gasteiger partial charge in [0.15, 0.2) is 0 Å². The molecule has 1 aromatic heterocycles. The van der Waals surface area contributed by atoms with Gasteiger partial charge < -0.3 is 40.2 Å². The van der Waals surface area contributed by atoms with Crippen LogP contribution in [0.25, 0.3) is 33.2 Å². The highest BCUT2D eigenvalue weighted by Crippen LogP contribution is 2.53. The molecule has 0 radical (unpaired) electrons. The Morgan fingerprint density at radius 3 is 1.91 bits per heavy atom. The summed E-state index contributed by atoms with van der Waals surface area (Å²) in [6.45, 7) is 8.49. The molecule has 0 unspecified atom stereocenters. The normalized spacial score (nSPS) is 19.6. The number of aromatic nitrogens is 2. The van der Waals surface area contributed by atoms with Crippen LogP contribution in [0.15, 0.2) is 59.4 Å². The van der Waals surface area contributed by atoms with Crippen molar-refractivity contribution in [2.24, 2.45) is 17.3 Å². The molecule has 2 saturated heterocycles. The monoisotopic (exact) mass is 901 g/mol. The van der Waals surface area contributed by atoms with Crippen LogP contribution in [0.1, 0.15) is 108 Å².